The lowest BCUT2D eigenvalue weighted by atomic mass is 10.0. The minimum atomic E-state index is -0.765. The lowest BCUT2D eigenvalue weighted by Gasteiger charge is -2.20. The largest absolute Gasteiger partial charge is 0.497 e. The summed E-state index contributed by atoms with van der Waals surface area (Å²) in [5.41, 5.74) is 0.203. The van der Waals surface area contributed by atoms with Crippen LogP contribution in [0.4, 0.5) is 0 Å². The molecule has 1 aromatic carbocycles. The van der Waals surface area contributed by atoms with Gasteiger partial charge in [-0.15, -0.1) is 0 Å². The molecule has 1 saturated heterocycles. The first kappa shape index (κ1) is 14.0. The van der Waals surface area contributed by atoms with Crippen molar-refractivity contribution in [3.8, 4) is 5.75 Å². The molecule has 3 nitrogen and oxygen atoms in total. The maximum absolute atomic E-state index is 12.1. The van der Waals surface area contributed by atoms with Crippen LogP contribution in [0, 0.1) is 0 Å². The van der Waals surface area contributed by atoms with Crippen LogP contribution in [-0.4, -0.2) is 28.7 Å². The van der Waals surface area contributed by atoms with Gasteiger partial charge in [0.05, 0.1) is 7.11 Å². The molecule has 18 heavy (non-hydrogen) atoms. The van der Waals surface area contributed by atoms with Crippen molar-refractivity contribution in [2.45, 2.75) is 23.5 Å². The molecule has 98 valence electrons. The number of carbonyl (C=O) groups excluding carboxylic acids is 1. The summed E-state index contributed by atoms with van der Waals surface area (Å²) in [5, 5.41) is 0.494. The second kappa shape index (κ2) is 5.31. The van der Waals surface area contributed by atoms with E-state index in [1.165, 1.54) is 0 Å². The summed E-state index contributed by atoms with van der Waals surface area (Å²) in [7, 11) is 1.62. The Balaban J connectivity index is 2.26. The Morgan fingerprint density at radius 2 is 2.00 bits per heavy atom. The molecule has 0 aliphatic carbocycles. The maximum Gasteiger partial charge on any atom is 0.181 e. The van der Waals surface area contributed by atoms with Crippen molar-refractivity contribution >= 4 is 37.6 Å². The van der Waals surface area contributed by atoms with Gasteiger partial charge in [-0.05, 0) is 24.6 Å². The molecule has 0 amide bonds. The number of hydrogen-bond donors (Lipinski definition) is 0. The van der Waals surface area contributed by atoms with Crippen molar-refractivity contribution in [2.24, 2.45) is 0 Å². The number of ketones is 1. The highest BCUT2D eigenvalue weighted by molar-refractivity contribution is 9.10. The van der Waals surface area contributed by atoms with Crippen LogP contribution < -0.4 is 4.74 Å². The monoisotopic (exact) mass is 376 g/mol. The Morgan fingerprint density at radius 3 is 2.44 bits per heavy atom. The van der Waals surface area contributed by atoms with E-state index < -0.39 is 5.60 Å². The molecular weight excluding hydrogens is 364 g/mol. The van der Waals surface area contributed by atoms with E-state index in [0.717, 1.165) is 11.3 Å². The van der Waals surface area contributed by atoms with Crippen molar-refractivity contribution < 1.29 is 14.3 Å². The maximum atomic E-state index is 12.1. The van der Waals surface area contributed by atoms with Crippen molar-refractivity contribution in [1.29, 1.82) is 0 Å². The Kier molecular flexibility index (Phi) is 4.14. The summed E-state index contributed by atoms with van der Waals surface area (Å²) in [6.07, 6.45) is -0.258. The number of halogens is 2. The van der Waals surface area contributed by atoms with Crippen LogP contribution in [-0.2, 0) is 9.53 Å². The Hall–Kier alpha value is -0.390. The molecule has 2 rings (SSSR count). The standard InChI is InChI=1S/C13H14Br2O3/c1-13(7-14)12(16)10(15)11(18-13)8-3-5-9(17-2)6-4-8/h3-6,10-11H,7H2,1-2H3/t10-,11-,13+/m0/s1. The van der Waals surface area contributed by atoms with E-state index in [1.807, 2.05) is 31.2 Å². The van der Waals surface area contributed by atoms with Gasteiger partial charge in [0.25, 0.3) is 0 Å². The summed E-state index contributed by atoms with van der Waals surface area (Å²) in [5.74, 6) is 0.859. The van der Waals surface area contributed by atoms with E-state index in [0.29, 0.717) is 5.33 Å². The zero-order valence-corrected chi connectivity index (χ0v) is 13.3. The Morgan fingerprint density at radius 1 is 1.39 bits per heavy atom. The molecule has 0 N–H and O–H groups in total. The van der Waals surface area contributed by atoms with Crippen LogP contribution in [0.3, 0.4) is 0 Å². The zero-order chi connectivity index (χ0) is 13.3. The minimum absolute atomic E-state index is 0.0696. The van der Waals surface area contributed by atoms with Gasteiger partial charge in [0.1, 0.15) is 22.3 Å². The number of methoxy groups -OCH3 is 1. The van der Waals surface area contributed by atoms with E-state index in [-0.39, 0.29) is 16.7 Å². The molecule has 0 radical (unpaired) electrons. The fraction of sp³-hybridized carbons (Fsp3) is 0.462. The fourth-order valence-corrected chi connectivity index (χ4v) is 3.26. The van der Waals surface area contributed by atoms with E-state index in [9.17, 15) is 4.79 Å². The molecule has 1 aliphatic rings. The predicted molar refractivity (Wildman–Crippen MR) is 76.7 cm³/mol. The summed E-state index contributed by atoms with van der Waals surface area (Å²) in [4.78, 5) is 11.8. The second-order valence-corrected chi connectivity index (χ2v) is 5.99. The van der Waals surface area contributed by atoms with Gasteiger partial charge in [-0.2, -0.15) is 0 Å². The average molecular weight is 378 g/mol. The molecule has 1 aromatic rings. The molecule has 3 atom stereocenters. The first-order chi connectivity index (χ1) is 8.51. The van der Waals surface area contributed by atoms with Gasteiger partial charge >= 0.3 is 0 Å². The van der Waals surface area contributed by atoms with Crippen LogP contribution in [0.25, 0.3) is 0 Å². The summed E-state index contributed by atoms with van der Waals surface area (Å²) in [6, 6.07) is 7.58. The van der Waals surface area contributed by atoms with Crippen molar-refractivity contribution in [3.05, 3.63) is 29.8 Å². The van der Waals surface area contributed by atoms with Crippen molar-refractivity contribution in [2.75, 3.05) is 12.4 Å². The number of hydrogen-bond acceptors (Lipinski definition) is 3. The zero-order valence-electron chi connectivity index (χ0n) is 10.2. The SMILES string of the molecule is COc1ccc([C@@H]2O[C@](C)(CBr)C(=O)[C@H]2Br)cc1. The molecule has 0 bridgehead atoms. The van der Waals surface area contributed by atoms with Crippen LogP contribution in [0.15, 0.2) is 24.3 Å². The van der Waals surface area contributed by atoms with Crippen molar-refractivity contribution in [3.63, 3.8) is 0 Å². The molecule has 0 unspecified atom stereocenters. The summed E-state index contributed by atoms with van der Waals surface area (Å²) < 4.78 is 11.0. The first-order valence-electron chi connectivity index (χ1n) is 5.58. The molecule has 1 fully saturated rings. The lowest BCUT2D eigenvalue weighted by Crippen LogP contribution is -2.35. The Labute approximate surface area is 123 Å². The van der Waals surface area contributed by atoms with Crippen LogP contribution in [0.2, 0.25) is 0 Å². The van der Waals surface area contributed by atoms with Gasteiger partial charge < -0.3 is 9.47 Å². The smallest absolute Gasteiger partial charge is 0.181 e. The van der Waals surface area contributed by atoms with Gasteiger partial charge in [0, 0.05) is 5.33 Å². The first-order valence-corrected chi connectivity index (χ1v) is 7.61. The molecule has 0 saturated carbocycles. The van der Waals surface area contributed by atoms with E-state index in [2.05, 4.69) is 31.9 Å². The number of alkyl halides is 2. The highest BCUT2D eigenvalue weighted by Crippen LogP contribution is 2.42. The molecule has 1 heterocycles. The number of ether oxygens (including phenoxy) is 2. The van der Waals surface area contributed by atoms with Crippen LogP contribution >= 0.6 is 31.9 Å². The van der Waals surface area contributed by atoms with E-state index in [4.69, 9.17) is 9.47 Å². The van der Waals surface area contributed by atoms with Gasteiger partial charge in [-0.3, -0.25) is 4.79 Å². The highest BCUT2D eigenvalue weighted by atomic mass is 79.9. The number of Topliss-reactive ketones (excluding diaryl/α,β-unsaturated/α-hetero) is 1. The van der Waals surface area contributed by atoms with Crippen LogP contribution in [0.5, 0.6) is 5.75 Å². The normalized spacial score (nSPS) is 31.7. The number of rotatable bonds is 3. The lowest BCUT2D eigenvalue weighted by molar-refractivity contribution is -0.128. The topological polar surface area (TPSA) is 35.5 Å². The average Bonchev–Trinajstić information content (AvgIpc) is 2.64. The molecular formula is C13H14Br2O3. The second-order valence-electron chi connectivity index (χ2n) is 4.44. The Bertz CT molecular complexity index is 446. The van der Waals surface area contributed by atoms with Gasteiger partial charge in [-0.1, -0.05) is 44.0 Å². The van der Waals surface area contributed by atoms with Gasteiger partial charge in [0.15, 0.2) is 5.78 Å². The minimum Gasteiger partial charge on any atom is -0.497 e. The van der Waals surface area contributed by atoms with Crippen molar-refractivity contribution in [1.82, 2.24) is 0 Å². The molecule has 0 aromatic heterocycles. The molecule has 5 heteroatoms. The highest BCUT2D eigenvalue weighted by Gasteiger charge is 2.50. The fourth-order valence-electron chi connectivity index (χ4n) is 1.96. The third-order valence-corrected chi connectivity index (χ3v) is 5.09. The third-order valence-electron chi connectivity index (χ3n) is 3.12. The number of benzene rings is 1. The third kappa shape index (κ3) is 2.36. The predicted octanol–water partition coefficient (Wildman–Crippen LogP) is 3.25. The summed E-state index contributed by atoms with van der Waals surface area (Å²) in [6.45, 7) is 1.81. The van der Waals surface area contributed by atoms with E-state index in [1.54, 1.807) is 7.11 Å². The molecule has 0 spiro atoms. The van der Waals surface area contributed by atoms with Gasteiger partial charge in [-0.25, -0.2) is 0 Å². The number of carbonyl (C=O) groups is 1. The van der Waals surface area contributed by atoms with E-state index >= 15 is 0 Å². The summed E-state index contributed by atoms with van der Waals surface area (Å²) >= 11 is 6.77. The molecule has 1 aliphatic heterocycles. The van der Waals surface area contributed by atoms with Crippen LogP contribution in [0.1, 0.15) is 18.6 Å². The quantitative estimate of drug-likeness (QED) is 0.758. The van der Waals surface area contributed by atoms with Gasteiger partial charge in [0.2, 0.25) is 0 Å².